The van der Waals surface area contributed by atoms with Crippen LogP contribution >= 0.6 is 0 Å². The largest absolute Gasteiger partial charge is 0.508 e. The average Bonchev–Trinajstić information content (AvgIpc) is 2.99. The molecular weight excluding hydrogens is 500 g/mol. The number of aliphatic hydroxyl groups is 1. The van der Waals surface area contributed by atoms with Crippen LogP contribution in [0.2, 0.25) is 0 Å². The molecule has 6 nitrogen and oxygen atoms in total. The third kappa shape index (κ3) is 10.8. The third-order valence-corrected chi connectivity index (χ3v) is 7.07. The molecule has 216 valence electrons. The third-order valence-electron chi connectivity index (χ3n) is 7.07. The van der Waals surface area contributed by atoms with Crippen LogP contribution in [0, 0.1) is 18.8 Å². The highest BCUT2D eigenvalue weighted by molar-refractivity contribution is 5.46. The molecule has 0 radical (unpaired) electrons. The van der Waals surface area contributed by atoms with Crippen LogP contribution in [0.1, 0.15) is 50.2 Å². The van der Waals surface area contributed by atoms with Crippen LogP contribution in [0.15, 0.2) is 72.8 Å². The number of aliphatic hydroxyl groups excluding tert-OH is 1. The summed E-state index contributed by atoms with van der Waals surface area (Å²) in [6, 6.07) is 24.2. The van der Waals surface area contributed by atoms with Gasteiger partial charge in [0, 0.05) is 11.8 Å². The van der Waals surface area contributed by atoms with Gasteiger partial charge < -0.3 is 29.9 Å². The summed E-state index contributed by atoms with van der Waals surface area (Å²) in [5.74, 6) is 2.19. The van der Waals surface area contributed by atoms with Gasteiger partial charge in [-0.3, -0.25) is 0 Å². The van der Waals surface area contributed by atoms with Crippen molar-refractivity contribution in [3.63, 3.8) is 0 Å². The molecule has 0 spiro atoms. The highest BCUT2D eigenvalue weighted by Gasteiger charge is 2.20. The molecule has 1 heterocycles. The molecule has 6 heteroatoms. The smallest absolute Gasteiger partial charge is 0.164 e. The van der Waals surface area contributed by atoms with Gasteiger partial charge in [0.2, 0.25) is 0 Å². The fraction of sp³-hybridized carbons (Fsp3) is 0.412. The molecule has 3 aromatic rings. The number of nitrogens with zero attached hydrogens (tertiary/aromatic N) is 1. The number of nitrogens with one attached hydrogen (secondary N) is 1. The minimum atomic E-state index is -0.491. The van der Waals surface area contributed by atoms with Crippen molar-refractivity contribution in [2.45, 2.75) is 51.7 Å². The lowest BCUT2D eigenvalue weighted by Gasteiger charge is -2.32. The van der Waals surface area contributed by atoms with E-state index in [0.29, 0.717) is 17.4 Å². The number of aromatic hydroxyl groups is 1. The Labute approximate surface area is 241 Å². The molecule has 1 saturated heterocycles. The molecule has 3 aromatic carbocycles. The SMILES string of the molecule is C#C.CC(C)C(O)Nc1ccc(C2CCN(CCCc3ccccc3)CC2)cc1.COc1ccc(O)cc1OC. The van der Waals surface area contributed by atoms with Crippen LogP contribution in [0.25, 0.3) is 0 Å². The summed E-state index contributed by atoms with van der Waals surface area (Å²) in [5.41, 5.74) is 3.88. The van der Waals surface area contributed by atoms with E-state index in [0.717, 1.165) is 5.69 Å². The van der Waals surface area contributed by atoms with Crippen molar-refractivity contribution in [1.82, 2.24) is 4.90 Å². The number of terminal acetylenes is 1. The summed E-state index contributed by atoms with van der Waals surface area (Å²) in [6.07, 6.45) is 12.4. The monoisotopic (exact) mass is 546 g/mol. The highest BCUT2D eigenvalue weighted by atomic mass is 16.5. The molecule has 1 fully saturated rings. The van der Waals surface area contributed by atoms with E-state index in [4.69, 9.17) is 14.6 Å². The standard InChI is InChI=1S/C24H34N2O.C8H10O3.C2H2/c1-19(2)24(27)25-23-12-10-21(11-13-23)22-14-17-26(18-15-22)16-6-9-20-7-4-3-5-8-20;1-10-7-4-3-6(9)5-8(7)11-2;1-2/h3-5,7-8,10-13,19,22,24-25,27H,6,9,14-18H2,1-2H3;3-5,9H,1-2H3;1-2H. The zero-order valence-electron chi connectivity index (χ0n) is 24.4. The number of anilines is 1. The number of methoxy groups -OCH3 is 2. The Bertz CT molecular complexity index is 1110. The summed E-state index contributed by atoms with van der Waals surface area (Å²) in [7, 11) is 3.08. The van der Waals surface area contributed by atoms with Crippen molar-refractivity contribution >= 4 is 5.69 Å². The van der Waals surface area contributed by atoms with Crippen LogP contribution in [0.3, 0.4) is 0 Å². The predicted octanol–water partition coefficient (Wildman–Crippen LogP) is 6.54. The van der Waals surface area contributed by atoms with Gasteiger partial charge in [0.05, 0.1) is 14.2 Å². The lowest BCUT2D eigenvalue weighted by molar-refractivity contribution is 0.153. The van der Waals surface area contributed by atoms with Gasteiger partial charge in [-0.25, -0.2) is 0 Å². The van der Waals surface area contributed by atoms with Crippen LogP contribution in [-0.4, -0.2) is 55.2 Å². The number of phenols is 1. The number of aryl methyl sites for hydroxylation is 1. The lowest BCUT2D eigenvalue weighted by Crippen LogP contribution is -2.33. The van der Waals surface area contributed by atoms with Crippen molar-refractivity contribution in [3.05, 3.63) is 83.9 Å². The maximum Gasteiger partial charge on any atom is 0.164 e. The number of piperidine rings is 1. The van der Waals surface area contributed by atoms with Crippen LogP contribution in [-0.2, 0) is 6.42 Å². The number of rotatable bonds is 10. The zero-order chi connectivity index (χ0) is 29.3. The van der Waals surface area contributed by atoms with Gasteiger partial charge in [-0.2, -0.15) is 0 Å². The molecule has 1 aliphatic rings. The predicted molar refractivity (Wildman–Crippen MR) is 165 cm³/mol. The molecule has 0 aliphatic carbocycles. The second-order valence-corrected chi connectivity index (χ2v) is 10.2. The first-order chi connectivity index (χ1) is 19.4. The number of benzene rings is 3. The van der Waals surface area contributed by atoms with E-state index >= 15 is 0 Å². The van der Waals surface area contributed by atoms with E-state index < -0.39 is 6.23 Å². The van der Waals surface area contributed by atoms with Crippen molar-refractivity contribution in [1.29, 1.82) is 0 Å². The molecule has 0 aromatic heterocycles. The molecule has 1 atom stereocenters. The molecule has 40 heavy (non-hydrogen) atoms. The molecule has 3 N–H and O–H groups in total. The van der Waals surface area contributed by atoms with Gasteiger partial charge in [0.15, 0.2) is 11.5 Å². The van der Waals surface area contributed by atoms with E-state index in [9.17, 15) is 5.11 Å². The van der Waals surface area contributed by atoms with Gasteiger partial charge in [-0.15, -0.1) is 12.8 Å². The van der Waals surface area contributed by atoms with E-state index in [2.05, 4.69) is 77.7 Å². The molecule has 1 aliphatic heterocycles. The number of likely N-dealkylation sites (tertiary alicyclic amines) is 1. The van der Waals surface area contributed by atoms with E-state index in [1.54, 1.807) is 19.2 Å². The van der Waals surface area contributed by atoms with Crippen LogP contribution in [0.4, 0.5) is 5.69 Å². The van der Waals surface area contributed by atoms with Gasteiger partial charge in [0.1, 0.15) is 12.0 Å². The van der Waals surface area contributed by atoms with Crippen LogP contribution < -0.4 is 14.8 Å². The first kappa shape index (κ1) is 32.6. The van der Waals surface area contributed by atoms with Gasteiger partial charge in [0.25, 0.3) is 0 Å². The maximum atomic E-state index is 9.95. The molecule has 1 unspecified atom stereocenters. The molecule has 0 amide bonds. The normalized spacial score (nSPS) is 14.2. The van der Waals surface area contributed by atoms with Gasteiger partial charge in [-0.1, -0.05) is 56.3 Å². The molecule has 0 bridgehead atoms. The Kier molecular flexibility index (Phi) is 14.5. The Balaban J connectivity index is 0.000000360. The van der Waals surface area contributed by atoms with Crippen molar-refractivity contribution in [2.24, 2.45) is 5.92 Å². The second kappa shape index (κ2) is 17.8. The maximum absolute atomic E-state index is 9.95. The molecule has 0 saturated carbocycles. The zero-order valence-corrected chi connectivity index (χ0v) is 24.4. The summed E-state index contributed by atoms with van der Waals surface area (Å²) in [6.45, 7) is 7.63. The van der Waals surface area contributed by atoms with Crippen molar-refractivity contribution in [3.8, 4) is 30.1 Å². The average molecular weight is 547 g/mol. The summed E-state index contributed by atoms with van der Waals surface area (Å²) in [4.78, 5) is 2.62. The highest BCUT2D eigenvalue weighted by Crippen LogP contribution is 2.30. The minimum Gasteiger partial charge on any atom is -0.508 e. The fourth-order valence-corrected chi connectivity index (χ4v) is 4.66. The number of ether oxygens (including phenoxy) is 2. The Hall–Kier alpha value is -3.66. The minimum absolute atomic E-state index is 0.169. The topological polar surface area (TPSA) is 74.2 Å². The molecular formula is C34H46N2O4. The van der Waals surface area contributed by atoms with Crippen molar-refractivity contribution in [2.75, 3.05) is 39.2 Å². The summed E-state index contributed by atoms with van der Waals surface area (Å²) in [5, 5.41) is 22.1. The first-order valence-electron chi connectivity index (χ1n) is 13.9. The van der Waals surface area contributed by atoms with E-state index in [1.807, 2.05) is 13.8 Å². The Morgan fingerprint density at radius 2 is 1.52 bits per heavy atom. The number of hydrogen-bond acceptors (Lipinski definition) is 6. The fourth-order valence-electron chi connectivity index (χ4n) is 4.66. The van der Waals surface area contributed by atoms with Crippen LogP contribution in [0.5, 0.6) is 17.2 Å². The summed E-state index contributed by atoms with van der Waals surface area (Å²) < 4.78 is 9.89. The lowest BCUT2D eigenvalue weighted by atomic mass is 9.89. The van der Waals surface area contributed by atoms with Gasteiger partial charge >= 0.3 is 0 Å². The Morgan fingerprint density at radius 1 is 0.900 bits per heavy atom. The number of hydrogen-bond donors (Lipinski definition) is 3. The summed E-state index contributed by atoms with van der Waals surface area (Å²) >= 11 is 0. The molecule has 4 rings (SSSR count). The van der Waals surface area contributed by atoms with Crippen molar-refractivity contribution < 1.29 is 19.7 Å². The first-order valence-corrected chi connectivity index (χ1v) is 13.9. The van der Waals surface area contributed by atoms with Gasteiger partial charge in [-0.05, 0) is 92.5 Å². The van der Waals surface area contributed by atoms with E-state index in [-0.39, 0.29) is 11.7 Å². The Morgan fingerprint density at radius 3 is 2.10 bits per heavy atom. The second-order valence-electron chi connectivity index (χ2n) is 10.2. The van der Waals surface area contributed by atoms with E-state index in [1.165, 1.54) is 69.6 Å². The quantitative estimate of drug-likeness (QED) is 0.198. The number of phenolic OH excluding ortho intramolecular Hbond substituents is 1.